The van der Waals surface area contributed by atoms with Crippen molar-refractivity contribution in [2.45, 2.75) is 32.5 Å². The van der Waals surface area contributed by atoms with Crippen molar-refractivity contribution >= 4 is 5.97 Å². The molecule has 1 saturated heterocycles. The molecule has 3 heteroatoms. The van der Waals surface area contributed by atoms with Crippen molar-refractivity contribution in [3.05, 3.63) is 0 Å². The van der Waals surface area contributed by atoms with Crippen LogP contribution in [0.1, 0.15) is 20.8 Å². The maximum Gasteiger partial charge on any atom is 0.304 e. The number of carbonyl (C=O) groups excluding carboxylic acids is 1. The third kappa shape index (κ3) is 3.40. The van der Waals surface area contributed by atoms with Gasteiger partial charge in [0.25, 0.3) is 0 Å². The molecule has 3 nitrogen and oxygen atoms in total. The molecule has 0 amide bonds. The van der Waals surface area contributed by atoms with E-state index < -0.39 is 5.60 Å². The van der Waals surface area contributed by atoms with Crippen LogP contribution in [-0.4, -0.2) is 24.3 Å². The number of ether oxygens (including phenoxy) is 2. The number of esters is 1. The minimum atomic E-state index is -0.697. The normalized spacial score (nSPS) is 20.8. The molecule has 0 N–H and O–H groups in total. The van der Waals surface area contributed by atoms with Crippen molar-refractivity contribution in [2.24, 2.45) is 0 Å². The summed E-state index contributed by atoms with van der Waals surface area (Å²) in [5.41, 5.74) is -0.697. The van der Waals surface area contributed by atoms with Gasteiger partial charge in [0.15, 0.2) is 5.60 Å². The lowest BCUT2D eigenvalue weighted by molar-refractivity contribution is -0.148. The van der Waals surface area contributed by atoms with E-state index >= 15 is 0 Å². The highest BCUT2D eigenvalue weighted by Gasteiger charge is 2.22. The fraction of sp³-hybridized carbons (Fsp3) is 0.667. The van der Waals surface area contributed by atoms with Gasteiger partial charge in [-0.25, -0.2) is 0 Å². The van der Waals surface area contributed by atoms with Crippen molar-refractivity contribution in [3.8, 4) is 11.8 Å². The van der Waals surface area contributed by atoms with Crippen LogP contribution in [0.5, 0.6) is 0 Å². The van der Waals surface area contributed by atoms with Gasteiger partial charge in [-0.1, -0.05) is 11.8 Å². The van der Waals surface area contributed by atoms with Gasteiger partial charge < -0.3 is 9.47 Å². The summed E-state index contributed by atoms with van der Waals surface area (Å²) in [5.74, 6) is 5.37. The number of rotatable bonds is 1. The summed E-state index contributed by atoms with van der Waals surface area (Å²) < 4.78 is 9.84. The van der Waals surface area contributed by atoms with Crippen molar-refractivity contribution in [3.63, 3.8) is 0 Å². The van der Waals surface area contributed by atoms with E-state index in [0.717, 1.165) is 0 Å². The van der Waals surface area contributed by atoms with E-state index in [1.807, 2.05) is 0 Å². The molecule has 0 spiro atoms. The number of hydrogen-bond donors (Lipinski definition) is 0. The Morgan fingerprint density at radius 1 is 1.67 bits per heavy atom. The van der Waals surface area contributed by atoms with Gasteiger partial charge in [0.2, 0.25) is 0 Å². The Morgan fingerprint density at radius 3 is 2.67 bits per heavy atom. The molecule has 0 saturated carbocycles. The molecule has 1 heterocycles. The van der Waals surface area contributed by atoms with E-state index in [4.69, 9.17) is 9.47 Å². The van der Waals surface area contributed by atoms with Crippen LogP contribution in [0.4, 0.5) is 0 Å². The second kappa shape index (κ2) is 3.16. The third-order valence-corrected chi connectivity index (χ3v) is 1.27. The van der Waals surface area contributed by atoms with E-state index in [0.29, 0.717) is 6.61 Å². The van der Waals surface area contributed by atoms with Gasteiger partial charge in [0.05, 0.1) is 6.61 Å². The SMILES string of the molecule is CC(=O)OC(C)(C)C#CC1CO1. The molecule has 0 aromatic carbocycles. The molecule has 0 aliphatic carbocycles. The average molecular weight is 168 g/mol. The second-order valence-corrected chi connectivity index (χ2v) is 3.20. The summed E-state index contributed by atoms with van der Waals surface area (Å²) in [6, 6.07) is 0. The molecule has 1 atom stereocenters. The van der Waals surface area contributed by atoms with Crippen LogP contribution in [0.3, 0.4) is 0 Å². The molecule has 0 bridgehead atoms. The third-order valence-electron chi connectivity index (χ3n) is 1.27. The lowest BCUT2D eigenvalue weighted by atomic mass is 10.1. The lowest BCUT2D eigenvalue weighted by Gasteiger charge is -2.16. The molecule has 1 rings (SSSR count). The van der Waals surface area contributed by atoms with E-state index in [9.17, 15) is 4.79 Å². The maximum absolute atomic E-state index is 10.6. The molecule has 12 heavy (non-hydrogen) atoms. The van der Waals surface area contributed by atoms with Crippen molar-refractivity contribution < 1.29 is 14.3 Å². The van der Waals surface area contributed by atoms with Crippen LogP contribution in [0.2, 0.25) is 0 Å². The number of carbonyl (C=O) groups is 1. The smallest absolute Gasteiger partial charge is 0.304 e. The summed E-state index contributed by atoms with van der Waals surface area (Å²) in [7, 11) is 0. The largest absolute Gasteiger partial charge is 0.447 e. The first-order valence-corrected chi connectivity index (χ1v) is 3.83. The Bertz CT molecular complexity index is 240. The van der Waals surface area contributed by atoms with Crippen LogP contribution < -0.4 is 0 Å². The minimum Gasteiger partial charge on any atom is -0.447 e. The molecule has 0 radical (unpaired) electrons. The first kappa shape index (κ1) is 9.08. The number of hydrogen-bond acceptors (Lipinski definition) is 3. The van der Waals surface area contributed by atoms with E-state index in [1.165, 1.54) is 6.92 Å². The molecule has 0 aromatic rings. The Morgan fingerprint density at radius 2 is 2.25 bits per heavy atom. The fourth-order valence-electron chi connectivity index (χ4n) is 0.771. The first-order valence-electron chi connectivity index (χ1n) is 3.83. The minimum absolute atomic E-state index is 0.0554. The van der Waals surface area contributed by atoms with Gasteiger partial charge in [-0.05, 0) is 13.8 Å². The average Bonchev–Trinajstić information content (AvgIpc) is 2.62. The Labute approximate surface area is 72.0 Å². The van der Waals surface area contributed by atoms with Gasteiger partial charge in [-0.2, -0.15) is 0 Å². The standard InChI is InChI=1S/C9H12O3/c1-7(10)12-9(2,3)5-4-8-6-11-8/h8H,6H2,1-3H3. The van der Waals surface area contributed by atoms with Gasteiger partial charge in [0, 0.05) is 6.92 Å². The van der Waals surface area contributed by atoms with Gasteiger partial charge in [-0.15, -0.1) is 0 Å². The zero-order valence-corrected chi connectivity index (χ0v) is 7.51. The fourth-order valence-corrected chi connectivity index (χ4v) is 0.771. The molecule has 1 fully saturated rings. The van der Waals surface area contributed by atoms with Gasteiger partial charge >= 0.3 is 5.97 Å². The molecular weight excluding hydrogens is 156 g/mol. The van der Waals surface area contributed by atoms with Crippen LogP contribution in [0.15, 0.2) is 0 Å². The van der Waals surface area contributed by atoms with Crippen LogP contribution in [0, 0.1) is 11.8 Å². The highest BCUT2D eigenvalue weighted by molar-refractivity contribution is 5.67. The van der Waals surface area contributed by atoms with E-state index in [-0.39, 0.29) is 12.1 Å². The summed E-state index contributed by atoms with van der Waals surface area (Å²) in [4.78, 5) is 10.6. The Balaban J connectivity index is 2.47. The summed E-state index contributed by atoms with van der Waals surface area (Å²) >= 11 is 0. The predicted molar refractivity (Wildman–Crippen MR) is 43.4 cm³/mol. The summed E-state index contributed by atoms with van der Waals surface area (Å²) in [6.45, 7) is 5.58. The van der Waals surface area contributed by atoms with Crippen LogP contribution >= 0.6 is 0 Å². The van der Waals surface area contributed by atoms with Crippen molar-refractivity contribution in [1.29, 1.82) is 0 Å². The summed E-state index contributed by atoms with van der Waals surface area (Å²) in [5, 5.41) is 0. The molecule has 0 aromatic heterocycles. The molecule has 1 unspecified atom stereocenters. The zero-order valence-electron chi connectivity index (χ0n) is 7.51. The molecule has 1 aliphatic heterocycles. The highest BCUT2D eigenvalue weighted by atomic mass is 16.6. The molecule has 66 valence electrons. The van der Waals surface area contributed by atoms with Crippen molar-refractivity contribution in [1.82, 2.24) is 0 Å². The highest BCUT2D eigenvalue weighted by Crippen LogP contribution is 2.11. The molecular formula is C9H12O3. The van der Waals surface area contributed by atoms with Crippen molar-refractivity contribution in [2.75, 3.05) is 6.61 Å². The Kier molecular flexibility index (Phi) is 2.39. The van der Waals surface area contributed by atoms with E-state index in [2.05, 4.69) is 11.8 Å². The maximum atomic E-state index is 10.6. The Hall–Kier alpha value is -1.01. The van der Waals surface area contributed by atoms with Crippen LogP contribution in [0.25, 0.3) is 0 Å². The first-order chi connectivity index (χ1) is 5.49. The quantitative estimate of drug-likeness (QED) is 0.329. The second-order valence-electron chi connectivity index (χ2n) is 3.20. The molecule has 1 aliphatic rings. The lowest BCUT2D eigenvalue weighted by Crippen LogP contribution is -2.24. The topological polar surface area (TPSA) is 38.8 Å². The summed E-state index contributed by atoms with van der Waals surface area (Å²) in [6.07, 6.45) is 0.0554. The van der Waals surface area contributed by atoms with Crippen LogP contribution in [-0.2, 0) is 14.3 Å². The predicted octanol–water partition coefficient (Wildman–Crippen LogP) is 0.730. The monoisotopic (exact) mass is 168 g/mol. The van der Waals surface area contributed by atoms with E-state index in [1.54, 1.807) is 13.8 Å². The van der Waals surface area contributed by atoms with Gasteiger partial charge in [-0.3, -0.25) is 4.79 Å². The number of epoxide rings is 1. The zero-order chi connectivity index (χ0) is 9.19. The van der Waals surface area contributed by atoms with Gasteiger partial charge in [0.1, 0.15) is 6.10 Å².